The first-order chi connectivity index (χ1) is 16.9. The van der Waals surface area contributed by atoms with E-state index in [9.17, 15) is 14.4 Å². The van der Waals surface area contributed by atoms with Gasteiger partial charge < -0.3 is 20.5 Å². The van der Waals surface area contributed by atoms with Crippen molar-refractivity contribution in [3.63, 3.8) is 0 Å². The monoisotopic (exact) mass is 472 g/mol. The number of amides is 2. The molecule has 3 aromatic carbocycles. The van der Waals surface area contributed by atoms with Gasteiger partial charge >= 0.3 is 12.1 Å². The van der Waals surface area contributed by atoms with Crippen LogP contribution in [0.15, 0.2) is 78.9 Å². The Hall–Kier alpha value is -4.13. The molecule has 0 saturated carbocycles. The highest BCUT2D eigenvalue weighted by molar-refractivity contribution is 5.83. The minimum atomic E-state index is -1.10. The SMILES string of the molecule is C[C@H](NC(=O)CCC(NC(=O)OCC1c2ccccc2-c2ccccc21)c1ccccc1)C(=O)O. The Morgan fingerprint density at radius 3 is 2.03 bits per heavy atom. The molecule has 0 bridgehead atoms. The van der Waals surface area contributed by atoms with Gasteiger partial charge in [0.15, 0.2) is 0 Å². The largest absolute Gasteiger partial charge is 0.480 e. The number of rotatable bonds is 9. The van der Waals surface area contributed by atoms with E-state index >= 15 is 0 Å². The maximum atomic E-state index is 12.8. The van der Waals surface area contributed by atoms with Crippen molar-refractivity contribution in [2.75, 3.05) is 6.61 Å². The molecule has 180 valence electrons. The third kappa shape index (κ3) is 5.69. The first-order valence-electron chi connectivity index (χ1n) is 11.6. The molecule has 0 aliphatic heterocycles. The van der Waals surface area contributed by atoms with Crippen molar-refractivity contribution in [1.82, 2.24) is 10.6 Å². The molecule has 0 saturated heterocycles. The summed E-state index contributed by atoms with van der Waals surface area (Å²) < 4.78 is 5.67. The molecule has 7 nitrogen and oxygen atoms in total. The summed E-state index contributed by atoms with van der Waals surface area (Å²) in [7, 11) is 0. The van der Waals surface area contributed by atoms with Gasteiger partial charge in [-0.15, -0.1) is 0 Å². The van der Waals surface area contributed by atoms with Crippen molar-refractivity contribution >= 4 is 18.0 Å². The van der Waals surface area contributed by atoms with Crippen LogP contribution in [0.25, 0.3) is 11.1 Å². The van der Waals surface area contributed by atoms with Crippen LogP contribution in [0.2, 0.25) is 0 Å². The zero-order valence-corrected chi connectivity index (χ0v) is 19.4. The molecule has 0 aromatic heterocycles. The molecule has 1 aliphatic carbocycles. The normalized spacial score (nSPS) is 13.7. The van der Waals surface area contributed by atoms with Gasteiger partial charge in [0.1, 0.15) is 12.6 Å². The number of hydrogen-bond acceptors (Lipinski definition) is 4. The number of fused-ring (bicyclic) bond motifs is 3. The summed E-state index contributed by atoms with van der Waals surface area (Å²) in [5, 5.41) is 14.3. The fraction of sp³-hybridized carbons (Fsp3) is 0.250. The molecular formula is C28H28N2O5. The van der Waals surface area contributed by atoms with Crippen molar-refractivity contribution in [3.05, 3.63) is 95.6 Å². The number of ether oxygens (including phenoxy) is 1. The number of aliphatic carboxylic acids is 1. The van der Waals surface area contributed by atoms with Crippen LogP contribution in [0.4, 0.5) is 4.79 Å². The first-order valence-corrected chi connectivity index (χ1v) is 11.6. The van der Waals surface area contributed by atoms with E-state index in [-0.39, 0.29) is 18.9 Å². The average Bonchev–Trinajstić information content (AvgIpc) is 3.19. The Balaban J connectivity index is 1.40. The Kier molecular flexibility index (Phi) is 7.45. The molecule has 0 fully saturated rings. The summed E-state index contributed by atoms with van der Waals surface area (Å²) in [6.07, 6.45) is -0.215. The molecule has 2 amide bonds. The molecule has 2 atom stereocenters. The topological polar surface area (TPSA) is 105 Å². The second-order valence-corrected chi connectivity index (χ2v) is 8.60. The zero-order chi connectivity index (χ0) is 24.8. The van der Waals surface area contributed by atoms with Gasteiger partial charge in [-0.05, 0) is 41.2 Å². The molecule has 0 spiro atoms. The van der Waals surface area contributed by atoms with Crippen molar-refractivity contribution in [2.45, 2.75) is 37.8 Å². The molecule has 7 heteroatoms. The van der Waals surface area contributed by atoms with Crippen LogP contribution in [-0.2, 0) is 14.3 Å². The minimum absolute atomic E-state index is 0.0494. The maximum Gasteiger partial charge on any atom is 0.407 e. The Labute approximate surface area is 204 Å². The van der Waals surface area contributed by atoms with Crippen molar-refractivity contribution in [1.29, 1.82) is 0 Å². The highest BCUT2D eigenvalue weighted by Crippen LogP contribution is 2.44. The smallest absolute Gasteiger partial charge is 0.407 e. The summed E-state index contributed by atoms with van der Waals surface area (Å²) in [6, 6.07) is 24.1. The summed E-state index contributed by atoms with van der Waals surface area (Å²) in [6.45, 7) is 1.60. The third-order valence-electron chi connectivity index (χ3n) is 6.25. The Morgan fingerprint density at radius 2 is 1.43 bits per heavy atom. The number of hydrogen-bond donors (Lipinski definition) is 3. The number of carbonyl (C=O) groups excluding carboxylic acids is 2. The first kappa shape index (κ1) is 24.0. The van der Waals surface area contributed by atoms with Gasteiger partial charge in [-0.1, -0.05) is 78.9 Å². The van der Waals surface area contributed by atoms with Gasteiger partial charge in [0.2, 0.25) is 5.91 Å². The number of carboxylic acids is 1. The van der Waals surface area contributed by atoms with E-state index in [1.165, 1.54) is 6.92 Å². The van der Waals surface area contributed by atoms with Crippen LogP contribution in [0.5, 0.6) is 0 Å². The second kappa shape index (κ2) is 10.9. The van der Waals surface area contributed by atoms with Gasteiger partial charge in [-0.25, -0.2) is 4.79 Å². The molecular weight excluding hydrogens is 444 g/mol. The van der Waals surface area contributed by atoms with E-state index in [1.807, 2.05) is 54.6 Å². The van der Waals surface area contributed by atoms with Crippen LogP contribution in [-0.4, -0.2) is 35.7 Å². The number of benzene rings is 3. The quantitative estimate of drug-likeness (QED) is 0.421. The molecule has 4 rings (SSSR count). The van der Waals surface area contributed by atoms with Crippen LogP contribution < -0.4 is 10.6 Å². The Bertz CT molecular complexity index is 1170. The van der Waals surface area contributed by atoms with E-state index in [2.05, 4.69) is 34.9 Å². The lowest BCUT2D eigenvalue weighted by atomic mass is 9.98. The van der Waals surface area contributed by atoms with Crippen LogP contribution in [0.3, 0.4) is 0 Å². The van der Waals surface area contributed by atoms with Crippen molar-refractivity contribution in [3.8, 4) is 11.1 Å². The van der Waals surface area contributed by atoms with E-state index in [4.69, 9.17) is 9.84 Å². The summed E-state index contributed by atoms with van der Waals surface area (Å²) in [5.41, 5.74) is 5.40. The van der Waals surface area contributed by atoms with Gasteiger partial charge in [-0.3, -0.25) is 9.59 Å². The number of alkyl carbamates (subject to hydrolysis) is 1. The van der Waals surface area contributed by atoms with Gasteiger partial charge in [0.25, 0.3) is 0 Å². The lowest BCUT2D eigenvalue weighted by Crippen LogP contribution is -2.39. The second-order valence-electron chi connectivity index (χ2n) is 8.60. The van der Waals surface area contributed by atoms with E-state index in [0.717, 1.165) is 27.8 Å². The van der Waals surface area contributed by atoms with Crippen molar-refractivity contribution < 1.29 is 24.2 Å². The van der Waals surface area contributed by atoms with Gasteiger partial charge in [0.05, 0.1) is 6.04 Å². The molecule has 0 radical (unpaired) electrons. The van der Waals surface area contributed by atoms with E-state index in [0.29, 0.717) is 6.42 Å². The molecule has 3 aromatic rings. The minimum Gasteiger partial charge on any atom is -0.480 e. The van der Waals surface area contributed by atoms with Crippen LogP contribution >= 0.6 is 0 Å². The highest BCUT2D eigenvalue weighted by atomic mass is 16.5. The summed E-state index contributed by atoms with van der Waals surface area (Å²) in [5.74, 6) is -1.54. The maximum absolute atomic E-state index is 12.8. The van der Waals surface area contributed by atoms with Crippen LogP contribution in [0.1, 0.15) is 48.4 Å². The summed E-state index contributed by atoms with van der Waals surface area (Å²) >= 11 is 0. The molecule has 0 heterocycles. The predicted octanol–water partition coefficient (Wildman–Crippen LogP) is 4.64. The van der Waals surface area contributed by atoms with E-state index in [1.54, 1.807) is 0 Å². The summed E-state index contributed by atoms with van der Waals surface area (Å²) in [4.78, 5) is 36.0. The standard InChI is InChI=1S/C28H28N2O5/c1-18(27(32)33)29-26(31)16-15-25(19-9-3-2-4-10-19)30-28(34)35-17-24-22-13-7-5-11-20(22)21-12-6-8-14-23(21)24/h2-14,18,24-25H,15-17H2,1H3,(H,29,31)(H,30,34)(H,32,33)/t18-,25?/m0/s1. The highest BCUT2D eigenvalue weighted by Gasteiger charge is 2.29. The predicted molar refractivity (Wildman–Crippen MR) is 132 cm³/mol. The lowest BCUT2D eigenvalue weighted by Gasteiger charge is -2.20. The fourth-order valence-corrected chi connectivity index (χ4v) is 4.44. The number of nitrogens with one attached hydrogen (secondary N) is 2. The van der Waals surface area contributed by atoms with Gasteiger partial charge in [-0.2, -0.15) is 0 Å². The molecule has 1 unspecified atom stereocenters. The number of carbonyl (C=O) groups is 3. The fourth-order valence-electron chi connectivity index (χ4n) is 4.44. The number of carboxylic acid groups (broad SMARTS) is 1. The average molecular weight is 473 g/mol. The Morgan fingerprint density at radius 1 is 0.857 bits per heavy atom. The molecule has 1 aliphatic rings. The van der Waals surface area contributed by atoms with Gasteiger partial charge in [0, 0.05) is 12.3 Å². The molecule has 35 heavy (non-hydrogen) atoms. The molecule has 3 N–H and O–H groups in total. The van der Waals surface area contributed by atoms with Crippen molar-refractivity contribution in [2.24, 2.45) is 0 Å². The van der Waals surface area contributed by atoms with E-state index < -0.39 is 30.1 Å². The van der Waals surface area contributed by atoms with Crippen LogP contribution in [0, 0.1) is 0 Å². The zero-order valence-electron chi connectivity index (χ0n) is 19.4. The lowest BCUT2D eigenvalue weighted by molar-refractivity contribution is -0.141. The third-order valence-corrected chi connectivity index (χ3v) is 6.25.